The first-order chi connectivity index (χ1) is 10.7. The highest BCUT2D eigenvalue weighted by atomic mass is 16.5. The van der Waals surface area contributed by atoms with Gasteiger partial charge in [0.25, 0.3) is 5.91 Å². The summed E-state index contributed by atoms with van der Waals surface area (Å²) in [7, 11) is 1.24. The topological polar surface area (TPSA) is 93.3 Å². The Morgan fingerprint density at radius 2 is 2.00 bits per heavy atom. The van der Waals surface area contributed by atoms with E-state index < -0.39 is 11.9 Å². The van der Waals surface area contributed by atoms with Crippen molar-refractivity contribution in [3.8, 4) is 5.75 Å². The predicted octanol–water partition coefficient (Wildman–Crippen LogP) is 2.24. The number of hydrogen-bond acceptors (Lipinski definition) is 5. The van der Waals surface area contributed by atoms with Gasteiger partial charge in [-0.2, -0.15) is 5.10 Å². The summed E-state index contributed by atoms with van der Waals surface area (Å²) < 4.78 is 10.1. The number of H-pyrrole nitrogens is 1. The molecule has 0 unspecified atom stereocenters. The monoisotopic (exact) mass is 303 g/mol. The number of nitrogens with zero attached hydrogens (tertiary/aromatic N) is 1. The van der Waals surface area contributed by atoms with Crippen molar-refractivity contribution >= 4 is 17.6 Å². The van der Waals surface area contributed by atoms with E-state index in [0.29, 0.717) is 12.3 Å². The minimum atomic E-state index is -0.623. The van der Waals surface area contributed by atoms with Crippen LogP contribution in [-0.4, -0.2) is 35.8 Å². The number of aromatic amines is 1. The summed E-state index contributed by atoms with van der Waals surface area (Å²) >= 11 is 0. The van der Waals surface area contributed by atoms with Crippen LogP contribution in [0.1, 0.15) is 34.2 Å². The molecule has 1 aromatic heterocycles. The van der Waals surface area contributed by atoms with E-state index in [9.17, 15) is 9.59 Å². The van der Waals surface area contributed by atoms with Gasteiger partial charge in [-0.05, 0) is 30.7 Å². The van der Waals surface area contributed by atoms with E-state index in [2.05, 4.69) is 20.3 Å². The lowest BCUT2D eigenvalue weighted by molar-refractivity contribution is 0.0597. The molecule has 0 fully saturated rings. The summed E-state index contributed by atoms with van der Waals surface area (Å²) in [6, 6.07) is 6.97. The minimum absolute atomic E-state index is 0.0539. The van der Waals surface area contributed by atoms with Crippen LogP contribution in [0.15, 0.2) is 30.5 Å². The molecule has 7 heteroatoms. The van der Waals surface area contributed by atoms with E-state index in [1.54, 1.807) is 24.3 Å². The minimum Gasteiger partial charge on any atom is -0.494 e. The Kier molecular flexibility index (Phi) is 5.13. The van der Waals surface area contributed by atoms with Crippen LogP contribution in [0.2, 0.25) is 0 Å². The number of ether oxygens (including phenoxy) is 2. The number of rotatable bonds is 6. The molecule has 0 spiro atoms. The molecule has 0 radical (unpaired) electrons. The van der Waals surface area contributed by atoms with Crippen molar-refractivity contribution < 1.29 is 19.1 Å². The average Bonchev–Trinajstić information content (AvgIpc) is 3.03. The zero-order chi connectivity index (χ0) is 15.9. The second-order valence-corrected chi connectivity index (χ2v) is 4.48. The number of aromatic nitrogens is 2. The summed E-state index contributed by atoms with van der Waals surface area (Å²) in [5.74, 6) is -0.362. The normalized spacial score (nSPS) is 10.1. The fourth-order valence-electron chi connectivity index (χ4n) is 1.77. The first-order valence-corrected chi connectivity index (χ1v) is 6.81. The maximum absolute atomic E-state index is 12.2. The fraction of sp³-hybridized carbons (Fsp3) is 0.267. The molecular formula is C15H17N3O4. The molecular weight excluding hydrogens is 286 g/mol. The van der Waals surface area contributed by atoms with Crippen molar-refractivity contribution in [3.63, 3.8) is 0 Å². The van der Waals surface area contributed by atoms with Crippen LogP contribution >= 0.6 is 0 Å². The molecule has 0 saturated carbocycles. The van der Waals surface area contributed by atoms with Crippen LogP contribution in [-0.2, 0) is 4.74 Å². The number of carbonyl (C=O) groups excluding carboxylic acids is 2. The van der Waals surface area contributed by atoms with Gasteiger partial charge in [-0.3, -0.25) is 9.89 Å². The van der Waals surface area contributed by atoms with Gasteiger partial charge in [0, 0.05) is 5.69 Å². The molecule has 2 N–H and O–H groups in total. The van der Waals surface area contributed by atoms with Crippen molar-refractivity contribution in [1.29, 1.82) is 0 Å². The lowest BCUT2D eigenvalue weighted by atomic mass is 10.2. The average molecular weight is 303 g/mol. The van der Waals surface area contributed by atoms with Gasteiger partial charge in [-0.1, -0.05) is 6.92 Å². The lowest BCUT2D eigenvalue weighted by Crippen LogP contribution is -2.16. The van der Waals surface area contributed by atoms with Crippen LogP contribution in [0, 0.1) is 0 Å². The number of amides is 1. The van der Waals surface area contributed by atoms with Gasteiger partial charge in [0.15, 0.2) is 0 Å². The molecule has 0 atom stereocenters. The molecule has 0 aliphatic carbocycles. The summed E-state index contributed by atoms with van der Waals surface area (Å²) in [6.45, 7) is 2.67. The number of methoxy groups -OCH3 is 1. The van der Waals surface area contributed by atoms with Crippen molar-refractivity contribution in [1.82, 2.24) is 10.2 Å². The maximum atomic E-state index is 12.2. The molecule has 0 saturated heterocycles. The molecule has 1 heterocycles. The third kappa shape index (κ3) is 3.63. The van der Waals surface area contributed by atoms with Crippen molar-refractivity contribution in [3.05, 3.63) is 41.7 Å². The Morgan fingerprint density at radius 3 is 2.64 bits per heavy atom. The van der Waals surface area contributed by atoms with E-state index in [1.165, 1.54) is 13.3 Å². The molecule has 22 heavy (non-hydrogen) atoms. The summed E-state index contributed by atoms with van der Waals surface area (Å²) in [4.78, 5) is 23.7. The van der Waals surface area contributed by atoms with Gasteiger partial charge in [0.05, 0.1) is 19.9 Å². The lowest BCUT2D eigenvalue weighted by Gasteiger charge is -2.07. The Balaban J connectivity index is 2.06. The van der Waals surface area contributed by atoms with Crippen molar-refractivity contribution in [2.75, 3.05) is 19.0 Å². The number of benzene rings is 1. The number of hydrogen-bond donors (Lipinski definition) is 2. The van der Waals surface area contributed by atoms with Crippen molar-refractivity contribution in [2.24, 2.45) is 0 Å². The van der Waals surface area contributed by atoms with Gasteiger partial charge in [0.2, 0.25) is 0 Å². The van der Waals surface area contributed by atoms with Crippen LogP contribution in [0.5, 0.6) is 5.75 Å². The van der Waals surface area contributed by atoms with E-state index in [0.717, 1.165) is 12.2 Å². The van der Waals surface area contributed by atoms with Gasteiger partial charge in [-0.25, -0.2) is 4.79 Å². The standard InChI is InChI=1S/C15H17N3O4/c1-3-8-22-11-6-4-10(5-7-11)17-14(19)13-12(9-16-18-13)15(20)21-2/h4-7,9H,3,8H2,1-2H3,(H,16,18)(H,17,19). The van der Waals surface area contributed by atoms with E-state index in [1.807, 2.05) is 6.92 Å². The van der Waals surface area contributed by atoms with Gasteiger partial charge < -0.3 is 14.8 Å². The fourth-order valence-corrected chi connectivity index (χ4v) is 1.77. The molecule has 0 bridgehead atoms. The molecule has 0 aliphatic rings. The number of anilines is 1. The maximum Gasteiger partial charge on any atom is 0.341 e. The molecule has 2 rings (SSSR count). The highest BCUT2D eigenvalue weighted by Gasteiger charge is 2.20. The van der Waals surface area contributed by atoms with Gasteiger partial charge in [0.1, 0.15) is 17.0 Å². The first-order valence-electron chi connectivity index (χ1n) is 6.81. The first kappa shape index (κ1) is 15.6. The van der Waals surface area contributed by atoms with Crippen molar-refractivity contribution in [2.45, 2.75) is 13.3 Å². The Bertz CT molecular complexity index is 649. The number of esters is 1. The molecule has 0 aliphatic heterocycles. The molecule has 1 amide bonds. The van der Waals surface area contributed by atoms with E-state index in [-0.39, 0.29) is 11.3 Å². The quantitative estimate of drug-likeness (QED) is 0.798. The molecule has 2 aromatic rings. The third-order valence-corrected chi connectivity index (χ3v) is 2.86. The highest BCUT2D eigenvalue weighted by molar-refractivity contribution is 6.09. The summed E-state index contributed by atoms with van der Waals surface area (Å²) in [5, 5.41) is 8.86. The zero-order valence-corrected chi connectivity index (χ0v) is 12.4. The number of nitrogens with one attached hydrogen (secondary N) is 2. The highest BCUT2D eigenvalue weighted by Crippen LogP contribution is 2.17. The summed E-state index contributed by atoms with van der Waals surface area (Å²) in [6.07, 6.45) is 2.18. The Hall–Kier alpha value is -2.83. The van der Waals surface area contributed by atoms with Crippen LogP contribution in [0.3, 0.4) is 0 Å². The largest absolute Gasteiger partial charge is 0.494 e. The predicted molar refractivity (Wildman–Crippen MR) is 80.1 cm³/mol. The second kappa shape index (κ2) is 7.26. The summed E-state index contributed by atoms with van der Waals surface area (Å²) in [5.41, 5.74) is 0.723. The van der Waals surface area contributed by atoms with E-state index >= 15 is 0 Å². The Labute approximate surface area is 127 Å². The SMILES string of the molecule is CCCOc1ccc(NC(=O)c2[nH]ncc2C(=O)OC)cc1. The second-order valence-electron chi connectivity index (χ2n) is 4.48. The van der Waals surface area contributed by atoms with Crippen LogP contribution in [0.4, 0.5) is 5.69 Å². The number of carbonyl (C=O) groups is 2. The van der Waals surface area contributed by atoms with Gasteiger partial charge >= 0.3 is 5.97 Å². The van der Waals surface area contributed by atoms with Crippen LogP contribution in [0.25, 0.3) is 0 Å². The third-order valence-electron chi connectivity index (χ3n) is 2.86. The van der Waals surface area contributed by atoms with Crippen LogP contribution < -0.4 is 10.1 Å². The molecule has 1 aromatic carbocycles. The van der Waals surface area contributed by atoms with E-state index in [4.69, 9.17) is 4.74 Å². The molecule has 7 nitrogen and oxygen atoms in total. The Morgan fingerprint density at radius 1 is 1.27 bits per heavy atom. The smallest absolute Gasteiger partial charge is 0.341 e. The van der Waals surface area contributed by atoms with Gasteiger partial charge in [-0.15, -0.1) is 0 Å². The molecule has 116 valence electrons. The zero-order valence-electron chi connectivity index (χ0n) is 12.4.